The van der Waals surface area contributed by atoms with Crippen molar-refractivity contribution in [2.24, 2.45) is 5.92 Å². The van der Waals surface area contributed by atoms with Crippen LogP contribution in [0, 0.1) is 18.7 Å². The summed E-state index contributed by atoms with van der Waals surface area (Å²) in [5.74, 6) is -0.405. The van der Waals surface area contributed by atoms with Crippen LogP contribution in [0.15, 0.2) is 36.4 Å². The topological polar surface area (TPSA) is 87.7 Å². The van der Waals surface area contributed by atoms with Crippen molar-refractivity contribution in [1.29, 1.82) is 0 Å². The van der Waals surface area contributed by atoms with Gasteiger partial charge < -0.3 is 20.3 Å². The molecule has 2 aliphatic heterocycles. The summed E-state index contributed by atoms with van der Waals surface area (Å²) in [6.45, 7) is 2.87. The number of anilines is 1. The number of piperidine rings is 1. The predicted octanol–water partition coefficient (Wildman–Crippen LogP) is 2.63. The largest absolute Gasteiger partial charge is 0.482 e. The normalized spacial score (nSPS) is 16.2. The number of hydrogen-bond donors (Lipinski definition) is 2. The van der Waals surface area contributed by atoms with Crippen LogP contribution in [-0.4, -0.2) is 42.3 Å². The van der Waals surface area contributed by atoms with Gasteiger partial charge in [0, 0.05) is 31.1 Å². The van der Waals surface area contributed by atoms with E-state index in [9.17, 15) is 18.8 Å². The molecule has 2 aromatic carbocycles. The highest BCUT2D eigenvalue weighted by molar-refractivity contribution is 6.00. The average molecular weight is 425 g/mol. The van der Waals surface area contributed by atoms with Gasteiger partial charge in [0.25, 0.3) is 11.8 Å². The van der Waals surface area contributed by atoms with Crippen molar-refractivity contribution in [3.8, 4) is 5.75 Å². The number of halogens is 1. The Morgan fingerprint density at radius 3 is 2.71 bits per heavy atom. The Hall–Kier alpha value is -3.42. The van der Waals surface area contributed by atoms with Gasteiger partial charge in [0.2, 0.25) is 5.91 Å². The molecule has 0 bridgehead atoms. The van der Waals surface area contributed by atoms with Gasteiger partial charge in [-0.15, -0.1) is 0 Å². The summed E-state index contributed by atoms with van der Waals surface area (Å²) in [4.78, 5) is 38.6. The van der Waals surface area contributed by atoms with E-state index in [0.717, 1.165) is 0 Å². The minimum absolute atomic E-state index is 0.0330. The predicted molar refractivity (Wildman–Crippen MR) is 112 cm³/mol. The summed E-state index contributed by atoms with van der Waals surface area (Å²) < 4.78 is 19.0. The van der Waals surface area contributed by atoms with Gasteiger partial charge in [-0.1, -0.05) is 12.1 Å². The van der Waals surface area contributed by atoms with E-state index >= 15 is 0 Å². The van der Waals surface area contributed by atoms with E-state index in [1.54, 1.807) is 42.2 Å². The second-order valence-corrected chi connectivity index (χ2v) is 7.92. The van der Waals surface area contributed by atoms with E-state index < -0.39 is 0 Å². The fourth-order valence-corrected chi connectivity index (χ4v) is 3.82. The van der Waals surface area contributed by atoms with E-state index in [2.05, 4.69) is 10.6 Å². The van der Waals surface area contributed by atoms with E-state index in [0.29, 0.717) is 54.1 Å². The number of ether oxygens (including phenoxy) is 1. The number of benzene rings is 2. The molecule has 8 heteroatoms. The van der Waals surface area contributed by atoms with E-state index in [-0.39, 0.29) is 42.6 Å². The number of likely N-dealkylation sites (tertiary alicyclic amines) is 1. The lowest BCUT2D eigenvalue weighted by Crippen LogP contribution is -2.43. The molecule has 4 rings (SSSR count). The quantitative estimate of drug-likeness (QED) is 0.788. The molecular weight excluding hydrogens is 401 g/mol. The molecule has 1 saturated heterocycles. The third kappa shape index (κ3) is 4.68. The SMILES string of the molecule is Cc1ccc(CNC(=O)C2CCN(C(=O)c3ccc4c(c3)NC(=O)CO4)CC2)cc1F. The van der Waals surface area contributed by atoms with Gasteiger partial charge in [-0.05, 0) is 55.2 Å². The van der Waals surface area contributed by atoms with Gasteiger partial charge in [-0.3, -0.25) is 14.4 Å². The first kappa shape index (κ1) is 20.8. The summed E-state index contributed by atoms with van der Waals surface area (Å²) in [7, 11) is 0. The lowest BCUT2D eigenvalue weighted by atomic mass is 9.95. The number of nitrogens with zero attached hydrogens (tertiary/aromatic N) is 1. The standard InChI is InChI=1S/C23H24FN3O4/c1-14-2-3-15(10-18(14)24)12-25-22(29)16-6-8-27(9-7-16)23(30)17-4-5-20-19(11-17)26-21(28)13-31-20/h2-5,10-11,16H,6-9,12-13H2,1H3,(H,25,29)(H,26,28). The molecule has 0 atom stereocenters. The van der Waals surface area contributed by atoms with Gasteiger partial charge >= 0.3 is 0 Å². The minimum atomic E-state index is -0.285. The van der Waals surface area contributed by atoms with Crippen LogP contribution in [0.4, 0.5) is 10.1 Å². The molecule has 0 aliphatic carbocycles. The van der Waals surface area contributed by atoms with Crippen LogP contribution in [0.25, 0.3) is 0 Å². The Morgan fingerprint density at radius 1 is 1.19 bits per heavy atom. The van der Waals surface area contributed by atoms with Crippen LogP contribution in [0.3, 0.4) is 0 Å². The Labute approximate surface area is 179 Å². The highest BCUT2D eigenvalue weighted by Gasteiger charge is 2.28. The van der Waals surface area contributed by atoms with Gasteiger partial charge in [-0.2, -0.15) is 0 Å². The first-order chi connectivity index (χ1) is 14.9. The molecule has 2 aliphatic rings. The molecule has 0 spiro atoms. The maximum atomic E-state index is 13.7. The maximum Gasteiger partial charge on any atom is 0.262 e. The van der Waals surface area contributed by atoms with E-state index in [1.165, 1.54) is 6.07 Å². The van der Waals surface area contributed by atoms with Crippen molar-refractivity contribution in [3.63, 3.8) is 0 Å². The third-order valence-electron chi connectivity index (χ3n) is 5.72. The van der Waals surface area contributed by atoms with Crippen molar-refractivity contribution >= 4 is 23.4 Å². The molecule has 0 saturated carbocycles. The maximum absolute atomic E-state index is 13.7. The summed E-state index contributed by atoms with van der Waals surface area (Å²) >= 11 is 0. The van der Waals surface area contributed by atoms with Crippen molar-refractivity contribution in [1.82, 2.24) is 10.2 Å². The average Bonchev–Trinajstić information content (AvgIpc) is 2.78. The molecule has 1 fully saturated rings. The highest BCUT2D eigenvalue weighted by atomic mass is 19.1. The molecule has 2 heterocycles. The zero-order valence-electron chi connectivity index (χ0n) is 17.2. The number of amides is 3. The van der Waals surface area contributed by atoms with Gasteiger partial charge in [0.1, 0.15) is 11.6 Å². The van der Waals surface area contributed by atoms with Crippen molar-refractivity contribution < 1.29 is 23.5 Å². The summed E-state index contributed by atoms with van der Waals surface area (Å²) in [5, 5.41) is 5.57. The van der Waals surface area contributed by atoms with E-state index in [1.807, 2.05) is 0 Å². The molecule has 7 nitrogen and oxygen atoms in total. The molecule has 3 amide bonds. The second kappa shape index (κ2) is 8.75. The molecule has 0 unspecified atom stereocenters. The number of carbonyl (C=O) groups is 3. The van der Waals surface area contributed by atoms with Crippen LogP contribution >= 0.6 is 0 Å². The highest BCUT2D eigenvalue weighted by Crippen LogP contribution is 2.29. The fraction of sp³-hybridized carbons (Fsp3) is 0.348. The van der Waals surface area contributed by atoms with Gasteiger partial charge in [0.05, 0.1) is 5.69 Å². The van der Waals surface area contributed by atoms with Crippen LogP contribution < -0.4 is 15.4 Å². The lowest BCUT2D eigenvalue weighted by Gasteiger charge is -2.31. The molecule has 162 valence electrons. The zero-order valence-corrected chi connectivity index (χ0v) is 17.2. The molecule has 2 aromatic rings. The Morgan fingerprint density at radius 2 is 1.97 bits per heavy atom. The molecule has 0 aromatic heterocycles. The third-order valence-corrected chi connectivity index (χ3v) is 5.72. The lowest BCUT2D eigenvalue weighted by molar-refractivity contribution is -0.126. The van der Waals surface area contributed by atoms with Gasteiger partial charge in [0.15, 0.2) is 6.61 Å². The van der Waals surface area contributed by atoms with Crippen LogP contribution in [0.5, 0.6) is 5.75 Å². The fourth-order valence-electron chi connectivity index (χ4n) is 3.82. The number of hydrogen-bond acceptors (Lipinski definition) is 4. The van der Waals surface area contributed by atoms with E-state index in [4.69, 9.17) is 4.74 Å². The van der Waals surface area contributed by atoms with Crippen LogP contribution in [-0.2, 0) is 16.1 Å². The molecular formula is C23H24FN3O4. The van der Waals surface area contributed by atoms with Crippen LogP contribution in [0.2, 0.25) is 0 Å². The first-order valence-corrected chi connectivity index (χ1v) is 10.3. The number of nitrogens with one attached hydrogen (secondary N) is 2. The first-order valence-electron chi connectivity index (χ1n) is 10.3. The Bertz CT molecular complexity index is 1030. The van der Waals surface area contributed by atoms with Crippen molar-refractivity contribution in [2.45, 2.75) is 26.3 Å². The monoisotopic (exact) mass is 425 g/mol. The smallest absolute Gasteiger partial charge is 0.262 e. The number of fused-ring (bicyclic) bond motifs is 1. The number of carbonyl (C=O) groups excluding carboxylic acids is 3. The number of rotatable bonds is 4. The second-order valence-electron chi connectivity index (χ2n) is 7.92. The Kier molecular flexibility index (Phi) is 5.88. The van der Waals surface area contributed by atoms with Gasteiger partial charge in [-0.25, -0.2) is 4.39 Å². The van der Waals surface area contributed by atoms with Crippen molar-refractivity contribution in [3.05, 3.63) is 58.9 Å². The summed E-state index contributed by atoms with van der Waals surface area (Å²) in [6, 6.07) is 9.90. The van der Waals surface area contributed by atoms with Crippen LogP contribution in [0.1, 0.15) is 34.3 Å². The molecule has 2 N–H and O–H groups in total. The molecule has 31 heavy (non-hydrogen) atoms. The summed E-state index contributed by atoms with van der Waals surface area (Å²) in [6.07, 6.45) is 1.12. The number of aryl methyl sites for hydroxylation is 1. The summed E-state index contributed by atoms with van der Waals surface area (Å²) in [5.41, 5.74) is 2.24. The minimum Gasteiger partial charge on any atom is -0.482 e. The zero-order chi connectivity index (χ0) is 22.0. The Balaban J connectivity index is 1.30. The van der Waals surface area contributed by atoms with Crippen molar-refractivity contribution in [2.75, 3.05) is 25.0 Å². The molecule has 0 radical (unpaired) electrons.